The van der Waals surface area contributed by atoms with E-state index in [1.165, 1.54) is 12.1 Å². The number of imidazole rings is 1. The van der Waals surface area contributed by atoms with Crippen molar-refractivity contribution in [3.8, 4) is 5.69 Å². The molecule has 3 aromatic rings. The topological polar surface area (TPSA) is 43.8 Å². The molecule has 2 N–H and O–H groups in total. The van der Waals surface area contributed by atoms with Crippen molar-refractivity contribution in [3.05, 3.63) is 53.3 Å². The van der Waals surface area contributed by atoms with E-state index in [0.717, 1.165) is 27.8 Å². The van der Waals surface area contributed by atoms with E-state index in [-0.39, 0.29) is 5.82 Å². The Balaban J connectivity index is 2.36. The summed E-state index contributed by atoms with van der Waals surface area (Å²) >= 11 is 0. The summed E-state index contributed by atoms with van der Waals surface area (Å²) in [5, 5.41) is 0. The molecular weight excluding hydrogens is 241 g/mol. The highest BCUT2D eigenvalue weighted by Gasteiger charge is 2.13. The van der Waals surface area contributed by atoms with Crippen molar-refractivity contribution >= 4 is 17.0 Å². The van der Waals surface area contributed by atoms with Crippen molar-refractivity contribution in [3.63, 3.8) is 0 Å². The zero-order valence-electron chi connectivity index (χ0n) is 10.8. The SMILES string of the molecule is Cc1cc(F)ccc1-n1c(N)nc2c(C)cccc21. The molecule has 0 unspecified atom stereocenters. The molecule has 0 aliphatic heterocycles. The molecule has 96 valence electrons. The average Bonchev–Trinajstić information content (AvgIpc) is 2.68. The zero-order chi connectivity index (χ0) is 13.6. The quantitative estimate of drug-likeness (QED) is 0.724. The first-order valence-corrected chi connectivity index (χ1v) is 6.08. The normalized spacial score (nSPS) is 11.1. The summed E-state index contributed by atoms with van der Waals surface area (Å²) < 4.78 is 15.1. The third kappa shape index (κ3) is 1.76. The van der Waals surface area contributed by atoms with Gasteiger partial charge in [-0.1, -0.05) is 12.1 Å². The van der Waals surface area contributed by atoms with Gasteiger partial charge in [-0.05, 0) is 49.2 Å². The van der Waals surface area contributed by atoms with Crippen molar-refractivity contribution in [2.24, 2.45) is 0 Å². The van der Waals surface area contributed by atoms with Gasteiger partial charge in [0.25, 0.3) is 0 Å². The molecule has 0 radical (unpaired) electrons. The molecule has 4 heteroatoms. The first-order chi connectivity index (χ1) is 9.08. The number of para-hydroxylation sites is 1. The Morgan fingerprint density at radius 1 is 1.11 bits per heavy atom. The first-order valence-electron chi connectivity index (χ1n) is 6.08. The van der Waals surface area contributed by atoms with Crippen LogP contribution in [0.2, 0.25) is 0 Å². The minimum atomic E-state index is -0.250. The molecule has 2 aromatic carbocycles. The fourth-order valence-electron chi connectivity index (χ4n) is 2.38. The lowest BCUT2D eigenvalue weighted by Gasteiger charge is -2.10. The molecule has 0 saturated carbocycles. The van der Waals surface area contributed by atoms with Gasteiger partial charge in [0.05, 0.1) is 16.7 Å². The van der Waals surface area contributed by atoms with Gasteiger partial charge < -0.3 is 5.73 Å². The Morgan fingerprint density at radius 3 is 2.63 bits per heavy atom. The summed E-state index contributed by atoms with van der Waals surface area (Å²) in [6.07, 6.45) is 0. The summed E-state index contributed by atoms with van der Waals surface area (Å²) in [4.78, 5) is 4.40. The number of aromatic nitrogens is 2. The number of hydrogen-bond acceptors (Lipinski definition) is 2. The number of nitrogen functional groups attached to an aromatic ring is 1. The average molecular weight is 255 g/mol. The van der Waals surface area contributed by atoms with Gasteiger partial charge in [0, 0.05) is 0 Å². The maximum Gasteiger partial charge on any atom is 0.205 e. The van der Waals surface area contributed by atoms with Crippen LogP contribution in [0.3, 0.4) is 0 Å². The minimum Gasteiger partial charge on any atom is -0.369 e. The fraction of sp³-hybridized carbons (Fsp3) is 0.133. The number of fused-ring (bicyclic) bond motifs is 1. The van der Waals surface area contributed by atoms with E-state index < -0.39 is 0 Å². The van der Waals surface area contributed by atoms with Crippen LogP contribution >= 0.6 is 0 Å². The third-order valence-electron chi connectivity index (χ3n) is 3.31. The number of anilines is 1. The van der Waals surface area contributed by atoms with Gasteiger partial charge in [-0.15, -0.1) is 0 Å². The number of nitrogens with zero attached hydrogens (tertiary/aromatic N) is 2. The second-order valence-electron chi connectivity index (χ2n) is 4.68. The molecule has 0 fully saturated rings. The van der Waals surface area contributed by atoms with E-state index in [1.807, 2.05) is 36.6 Å². The lowest BCUT2D eigenvalue weighted by Crippen LogP contribution is -2.02. The molecule has 0 atom stereocenters. The lowest BCUT2D eigenvalue weighted by molar-refractivity contribution is 0.626. The van der Waals surface area contributed by atoms with Crippen LogP contribution in [0.25, 0.3) is 16.7 Å². The van der Waals surface area contributed by atoms with Crippen LogP contribution in [0, 0.1) is 19.7 Å². The van der Waals surface area contributed by atoms with E-state index in [0.29, 0.717) is 5.95 Å². The first kappa shape index (κ1) is 11.7. The van der Waals surface area contributed by atoms with Gasteiger partial charge in [0.15, 0.2) is 0 Å². The monoisotopic (exact) mass is 255 g/mol. The van der Waals surface area contributed by atoms with Gasteiger partial charge in [0.1, 0.15) is 5.82 Å². The van der Waals surface area contributed by atoms with Crippen molar-refractivity contribution in [2.45, 2.75) is 13.8 Å². The van der Waals surface area contributed by atoms with Crippen LogP contribution < -0.4 is 5.73 Å². The third-order valence-corrected chi connectivity index (χ3v) is 3.31. The molecular formula is C15H14FN3. The Morgan fingerprint density at radius 2 is 1.89 bits per heavy atom. The van der Waals surface area contributed by atoms with E-state index >= 15 is 0 Å². The Kier molecular flexibility index (Phi) is 2.52. The molecule has 3 nitrogen and oxygen atoms in total. The van der Waals surface area contributed by atoms with E-state index in [2.05, 4.69) is 4.98 Å². The van der Waals surface area contributed by atoms with Crippen LogP contribution in [0.15, 0.2) is 36.4 Å². The van der Waals surface area contributed by atoms with Gasteiger partial charge in [-0.25, -0.2) is 9.37 Å². The number of benzene rings is 2. The van der Waals surface area contributed by atoms with Crippen LogP contribution in [-0.4, -0.2) is 9.55 Å². The molecule has 0 bridgehead atoms. The highest BCUT2D eigenvalue weighted by atomic mass is 19.1. The highest BCUT2D eigenvalue weighted by Crippen LogP contribution is 2.27. The largest absolute Gasteiger partial charge is 0.369 e. The molecule has 0 aliphatic carbocycles. The fourth-order valence-corrected chi connectivity index (χ4v) is 2.38. The number of rotatable bonds is 1. The van der Waals surface area contributed by atoms with Crippen LogP contribution in [0.5, 0.6) is 0 Å². The number of aryl methyl sites for hydroxylation is 2. The van der Waals surface area contributed by atoms with E-state index in [1.54, 1.807) is 6.07 Å². The second-order valence-corrected chi connectivity index (χ2v) is 4.68. The molecule has 3 rings (SSSR count). The van der Waals surface area contributed by atoms with Crippen LogP contribution in [0.4, 0.5) is 10.3 Å². The molecule has 0 spiro atoms. The van der Waals surface area contributed by atoms with Crippen molar-refractivity contribution in [1.29, 1.82) is 0 Å². The van der Waals surface area contributed by atoms with E-state index in [4.69, 9.17) is 5.73 Å². The summed E-state index contributed by atoms with van der Waals surface area (Å²) in [5.41, 5.74) is 10.6. The van der Waals surface area contributed by atoms with Gasteiger partial charge >= 0.3 is 0 Å². The predicted molar refractivity (Wildman–Crippen MR) is 74.9 cm³/mol. The summed E-state index contributed by atoms with van der Waals surface area (Å²) in [6, 6.07) is 10.6. The summed E-state index contributed by atoms with van der Waals surface area (Å²) in [7, 11) is 0. The van der Waals surface area contributed by atoms with E-state index in [9.17, 15) is 4.39 Å². The highest BCUT2D eigenvalue weighted by molar-refractivity contribution is 5.83. The van der Waals surface area contributed by atoms with Gasteiger partial charge in [0.2, 0.25) is 5.95 Å². The van der Waals surface area contributed by atoms with Crippen molar-refractivity contribution < 1.29 is 4.39 Å². The molecule has 1 aromatic heterocycles. The second kappa shape index (κ2) is 4.09. The smallest absolute Gasteiger partial charge is 0.205 e. The molecule has 19 heavy (non-hydrogen) atoms. The molecule has 0 saturated heterocycles. The zero-order valence-corrected chi connectivity index (χ0v) is 10.8. The van der Waals surface area contributed by atoms with Crippen LogP contribution in [-0.2, 0) is 0 Å². The van der Waals surface area contributed by atoms with Crippen molar-refractivity contribution in [1.82, 2.24) is 9.55 Å². The minimum absolute atomic E-state index is 0.250. The maximum absolute atomic E-state index is 13.2. The van der Waals surface area contributed by atoms with Crippen molar-refractivity contribution in [2.75, 3.05) is 5.73 Å². The summed E-state index contributed by atoms with van der Waals surface area (Å²) in [5.74, 6) is 0.166. The Bertz CT molecular complexity index is 774. The predicted octanol–water partition coefficient (Wildman–Crippen LogP) is 3.36. The Labute approximate surface area is 110 Å². The number of nitrogens with two attached hydrogens (primary N) is 1. The molecule has 0 aliphatic rings. The van der Waals surface area contributed by atoms with Gasteiger partial charge in [-0.3, -0.25) is 4.57 Å². The standard InChI is InChI=1S/C15H14FN3/c1-9-4-3-5-13-14(9)18-15(17)19(13)12-7-6-11(16)8-10(12)2/h3-8H,1-2H3,(H2,17,18). The Hall–Kier alpha value is -2.36. The number of hydrogen-bond donors (Lipinski definition) is 1. The van der Waals surface area contributed by atoms with Gasteiger partial charge in [-0.2, -0.15) is 0 Å². The molecule has 0 amide bonds. The number of halogens is 1. The lowest BCUT2D eigenvalue weighted by atomic mass is 10.1. The summed E-state index contributed by atoms with van der Waals surface area (Å²) in [6.45, 7) is 3.86. The van der Waals surface area contributed by atoms with Crippen LogP contribution in [0.1, 0.15) is 11.1 Å². The molecule has 1 heterocycles. The maximum atomic E-state index is 13.2.